The monoisotopic (exact) mass is 340 g/mol. The van der Waals surface area contributed by atoms with Crippen LogP contribution < -0.4 is 4.74 Å². The number of carbonyl (C=O) groups is 1. The van der Waals surface area contributed by atoms with Gasteiger partial charge in [0.1, 0.15) is 29.8 Å². The van der Waals surface area contributed by atoms with Crippen molar-refractivity contribution in [2.24, 2.45) is 0 Å². The van der Waals surface area contributed by atoms with Gasteiger partial charge in [0.25, 0.3) is 5.91 Å². The van der Waals surface area contributed by atoms with E-state index in [1.165, 1.54) is 6.08 Å². The molecule has 0 saturated carbocycles. The van der Waals surface area contributed by atoms with Crippen LogP contribution in [0.2, 0.25) is 0 Å². The van der Waals surface area contributed by atoms with E-state index in [-0.39, 0.29) is 12.5 Å². The van der Waals surface area contributed by atoms with E-state index in [0.717, 1.165) is 0 Å². The molecule has 130 valence electrons. The van der Waals surface area contributed by atoms with E-state index in [4.69, 9.17) is 9.47 Å². The van der Waals surface area contributed by atoms with Gasteiger partial charge in [0, 0.05) is 11.6 Å². The number of benzene rings is 1. The largest absolute Gasteiger partial charge is 0.492 e. The zero-order valence-corrected chi connectivity index (χ0v) is 14.2. The number of hydrogen-bond donors (Lipinski definition) is 1. The highest BCUT2D eigenvalue weighted by atomic mass is 16.5. The van der Waals surface area contributed by atoms with Crippen molar-refractivity contribution in [1.82, 2.24) is 4.90 Å². The second-order valence-corrected chi connectivity index (χ2v) is 6.64. The van der Waals surface area contributed by atoms with Crippen LogP contribution in [-0.4, -0.2) is 40.8 Å². The fourth-order valence-corrected chi connectivity index (χ4v) is 3.18. The molecule has 0 aliphatic carbocycles. The molecule has 2 aliphatic rings. The Bertz CT molecular complexity index is 791. The van der Waals surface area contributed by atoms with Crippen molar-refractivity contribution in [2.75, 3.05) is 13.2 Å². The standard InChI is InChI=1S/C19H20N2O4/c1-4-7-24-13-9-16(22)21(11-13)17-14-8-12(10-20)5-6-15(14)25-19(2,3)18(17)23/h4-6,8-9,17-18,23H,1,7,11H2,2-3H3/t17-,18+/m1/s1. The van der Waals surface area contributed by atoms with Gasteiger partial charge in [0.05, 0.1) is 24.2 Å². The van der Waals surface area contributed by atoms with E-state index in [1.807, 2.05) is 0 Å². The van der Waals surface area contributed by atoms with Gasteiger partial charge < -0.3 is 19.5 Å². The summed E-state index contributed by atoms with van der Waals surface area (Å²) in [5.74, 6) is 0.848. The van der Waals surface area contributed by atoms with Gasteiger partial charge in [0.2, 0.25) is 0 Å². The number of rotatable bonds is 4. The molecule has 0 saturated heterocycles. The summed E-state index contributed by atoms with van der Waals surface area (Å²) >= 11 is 0. The second kappa shape index (κ2) is 6.26. The number of carbonyl (C=O) groups excluding carboxylic acids is 1. The van der Waals surface area contributed by atoms with Crippen molar-refractivity contribution in [2.45, 2.75) is 31.6 Å². The average Bonchev–Trinajstić information content (AvgIpc) is 2.94. The molecule has 1 aromatic carbocycles. The quantitative estimate of drug-likeness (QED) is 0.848. The lowest BCUT2D eigenvalue weighted by molar-refractivity contribution is -0.137. The smallest absolute Gasteiger partial charge is 0.251 e. The van der Waals surface area contributed by atoms with Crippen LogP contribution in [0.25, 0.3) is 0 Å². The number of ether oxygens (including phenoxy) is 2. The Morgan fingerprint density at radius 2 is 2.32 bits per heavy atom. The SMILES string of the molecule is C=CCOC1=CC(=O)N([C@@H]2c3cc(C#N)ccc3OC(C)(C)[C@H]2O)C1. The Hall–Kier alpha value is -2.78. The molecule has 6 nitrogen and oxygen atoms in total. The zero-order chi connectivity index (χ0) is 18.2. The second-order valence-electron chi connectivity index (χ2n) is 6.64. The molecule has 2 aliphatic heterocycles. The molecule has 2 heterocycles. The van der Waals surface area contributed by atoms with E-state index in [9.17, 15) is 15.2 Å². The third-order valence-electron chi connectivity index (χ3n) is 4.46. The van der Waals surface area contributed by atoms with E-state index >= 15 is 0 Å². The summed E-state index contributed by atoms with van der Waals surface area (Å²) in [6.07, 6.45) is 2.08. The van der Waals surface area contributed by atoms with Gasteiger partial charge in [-0.15, -0.1) is 0 Å². The highest BCUT2D eigenvalue weighted by Gasteiger charge is 2.47. The Kier molecular flexibility index (Phi) is 4.27. The Labute approximate surface area is 146 Å². The summed E-state index contributed by atoms with van der Waals surface area (Å²) in [5, 5.41) is 20.0. The average molecular weight is 340 g/mol. The summed E-state index contributed by atoms with van der Waals surface area (Å²) in [6.45, 7) is 7.70. The fraction of sp³-hybridized carbons (Fsp3) is 0.368. The minimum absolute atomic E-state index is 0.242. The van der Waals surface area contributed by atoms with Gasteiger partial charge >= 0.3 is 0 Å². The van der Waals surface area contributed by atoms with Crippen LogP contribution in [0.5, 0.6) is 5.75 Å². The number of amides is 1. The maximum Gasteiger partial charge on any atom is 0.251 e. The molecule has 1 amide bonds. The highest BCUT2D eigenvalue weighted by molar-refractivity contribution is 5.91. The fourth-order valence-electron chi connectivity index (χ4n) is 3.18. The number of nitriles is 1. The Morgan fingerprint density at radius 3 is 3.00 bits per heavy atom. The number of hydrogen-bond acceptors (Lipinski definition) is 5. The van der Waals surface area contributed by atoms with Crippen LogP contribution in [0.4, 0.5) is 0 Å². The van der Waals surface area contributed by atoms with E-state index in [0.29, 0.717) is 29.2 Å². The summed E-state index contributed by atoms with van der Waals surface area (Å²) in [4.78, 5) is 14.0. The van der Waals surface area contributed by atoms with Gasteiger partial charge in [-0.1, -0.05) is 12.7 Å². The first-order valence-corrected chi connectivity index (χ1v) is 8.03. The van der Waals surface area contributed by atoms with Gasteiger partial charge in [-0.2, -0.15) is 5.26 Å². The van der Waals surface area contributed by atoms with Crippen molar-refractivity contribution >= 4 is 5.91 Å². The number of fused-ring (bicyclic) bond motifs is 1. The molecular weight excluding hydrogens is 320 g/mol. The number of aliphatic hydroxyl groups is 1. The molecule has 0 fully saturated rings. The van der Waals surface area contributed by atoms with Crippen LogP contribution >= 0.6 is 0 Å². The van der Waals surface area contributed by atoms with Crippen LogP contribution in [0.1, 0.15) is 31.0 Å². The molecule has 0 bridgehead atoms. The Balaban J connectivity index is 1.99. The first kappa shape index (κ1) is 17.1. The third kappa shape index (κ3) is 2.99. The van der Waals surface area contributed by atoms with Gasteiger partial charge in [-0.25, -0.2) is 0 Å². The minimum atomic E-state index is -0.954. The van der Waals surface area contributed by atoms with Crippen molar-refractivity contribution in [3.63, 3.8) is 0 Å². The predicted molar refractivity (Wildman–Crippen MR) is 90.6 cm³/mol. The van der Waals surface area contributed by atoms with Gasteiger partial charge in [-0.05, 0) is 32.0 Å². The minimum Gasteiger partial charge on any atom is -0.492 e. The number of nitrogens with zero attached hydrogens (tertiary/aromatic N) is 2. The molecule has 1 aromatic rings. The van der Waals surface area contributed by atoms with Crippen molar-refractivity contribution in [3.05, 3.63) is 53.8 Å². The summed E-state index contributed by atoms with van der Waals surface area (Å²) in [7, 11) is 0. The lowest BCUT2D eigenvalue weighted by Crippen LogP contribution is -2.54. The summed E-state index contributed by atoms with van der Waals surface area (Å²) in [5.41, 5.74) is 0.191. The van der Waals surface area contributed by atoms with E-state index in [1.54, 1.807) is 43.0 Å². The van der Waals surface area contributed by atoms with Crippen molar-refractivity contribution < 1.29 is 19.4 Å². The first-order valence-electron chi connectivity index (χ1n) is 8.03. The van der Waals surface area contributed by atoms with Crippen molar-refractivity contribution in [3.8, 4) is 11.8 Å². The molecular formula is C19H20N2O4. The first-order chi connectivity index (χ1) is 11.9. The van der Waals surface area contributed by atoms with E-state index < -0.39 is 17.7 Å². The molecule has 0 aromatic heterocycles. The van der Waals surface area contributed by atoms with Crippen LogP contribution in [0, 0.1) is 11.3 Å². The molecule has 1 N–H and O–H groups in total. The Morgan fingerprint density at radius 1 is 1.56 bits per heavy atom. The predicted octanol–water partition coefficient (Wildman–Crippen LogP) is 2.06. The number of aliphatic hydroxyl groups excluding tert-OH is 1. The summed E-state index contributed by atoms with van der Waals surface area (Å²) < 4.78 is 11.4. The lowest BCUT2D eigenvalue weighted by Gasteiger charge is -2.45. The summed E-state index contributed by atoms with van der Waals surface area (Å²) in [6, 6.07) is 6.48. The van der Waals surface area contributed by atoms with Crippen LogP contribution in [0.3, 0.4) is 0 Å². The molecule has 6 heteroatoms. The van der Waals surface area contributed by atoms with Gasteiger partial charge in [0.15, 0.2) is 0 Å². The molecule has 0 unspecified atom stereocenters. The molecule has 2 atom stereocenters. The van der Waals surface area contributed by atoms with Crippen LogP contribution in [-0.2, 0) is 9.53 Å². The van der Waals surface area contributed by atoms with Gasteiger partial charge in [-0.3, -0.25) is 4.79 Å². The maximum atomic E-state index is 12.5. The molecule has 3 rings (SSSR count). The molecule has 0 spiro atoms. The van der Waals surface area contributed by atoms with E-state index in [2.05, 4.69) is 12.6 Å². The molecule has 0 radical (unpaired) electrons. The molecule has 25 heavy (non-hydrogen) atoms. The van der Waals surface area contributed by atoms with Crippen LogP contribution in [0.15, 0.2) is 42.7 Å². The zero-order valence-electron chi connectivity index (χ0n) is 14.2. The third-order valence-corrected chi connectivity index (χ3v) is 4.46. The maximum absolute atomic E-state index is 12.5. The van der Waals surface area contributed by atoms with Crippen molar-refractivity contribution in [1.29, 1.82) is 5.26 Å². The topological polar surface area (TPSA) is 82.8 Å². The lowest BCUT2D eigenvalue weighted by atomic mass is 9.85. The highest BCUT2D eigenvalue weighted by Crippen LogP contribution is 2.44. The normalized spacial score (nSPS) is 24.0.